The standard InChI is InChI=1S/C11H6NO.Al/c1-2-4-9-6-11-10(12-7-13-11)5-8(9)3-1;/h1-6H;. The minimum absolute atomic E-state index is 0.635. The van der Waals surface area contributed by atoms with Gasteiger partial charge < -0.3 is 4.42 Å². The highest BCUT2D eigenvalue weighted by Crippen LogP contribution is 2.20. The second-order valence-corrected chi connectivity index (χ2v) is 3.71. The number of fused-ring (bicyclic) bond motifs is 2. The van der Waals surface area contributed by atoms with Crippen molar-refractivity contribution < 1.29 is 4.42 Å². The van der Waals surface area contributed by atoms with Crippen LogP contribution in [0, 0.1) is 0 Å². The third-order valence-corrected chi connectivity index (χ3v) is 2.52. The topological polar surface area (TPSA) is 26.0 Å². The summed E-state index contributed by atoms with van der Waals surface area (Å²) >= 11 is 2.47. The van der Waals surface area contributed by atoms with Gasteiger partial charge in [-0.2, -0.15) is 0 Å². The van der Waals surface area contributed by atoms with Gasteiger partial charge in [0.2, 0.25) is 0 Å². The van der Waals surface area contributed by atoms with Crippen LogP contribution in [-0.4, -0.2) is 21.3 Å². The van der Waals surface area contributed by atoms with E-state index in [1.54, 1.807) is 0 Å². The molecule has 0 atom stereocenters. The molecule has 64 valence electrons. The summed E-state index contributed by atoms with van der Waals surface area (Å²) in [5.41, 5.74) is 1.75. The molecule has 14 heavy (non-hydrogen) atoms. The minimum Gasteiger partial charge on any atom is -0.463 e. The highest BCUT2D eigenvalue weighted by atomic mass is 27.0. The Morgan fingerprint density at radius 1 is 1.07 bits per heavy atom. The highest BCUT2D eigenvalue weighted by Gasteiger charge is 2.02. The van der Waals surface area contributed by atoms with E-state index >= 15 is 0 Å². The Bertz CT molecular complexity index is 562. The van der Waals surface area contributed by atoms with Crippen molar-refractivity contribution in [2.45, 2.75) is 0 Å². The average Bonchev–Trinajstić information content (AvgIpc) is 2.53. The van der Waals surface area contributed by atoms with Gasteiger partial charge in [0.15, 0.2) is 5.58 Å². The van der Waals surface area contributed by atoms with Gasteiger partial charge in [-0.05, 0) is 22.9 Å². The molecule has 0 bridgehead atoms. The van der Waals surface area contributed by atoms with Crippen molar-refractivity contribution in [2.75, 3.05) is 0 Å². The maximum absolute atomic E-state index is 5.43. The number of rotatable bonds is 0. The SMILES string of the molecule is [Al][c]1nc2cc3ccccc3cc2o1. The van der Waals surface area contributed by atoms with Gasteiger partial charge in [0.1, 0.15) is 5.52 Å². The van der Waals surface area contributed by atoms with Crippen LogP contribution < -0.4 is 4.75 Å². The molecule has 3 rings (SSSR count). The van der Waals surface area contributed by atoms with Crippen LogP contribution in [0.3, 0.4) is 0 Å². The number of hydrogen-bond acceptors (Lipinski definition) is 2. The van der Waals surface area contributed by atoms with Crippen LogP contribution in [-0.2, 0) is 0 Å². The van der Waals surface area contributed by atoms with Gasteiger partial charge in [0, 0.05) is 0 Å². The summed E-state index contributed by atoms with van der Waals surface area (Å²) in [6, 6.07) is 12.3. The van der Waals surface area contributed by atoms with E-state index in [2.05, 4.69) is 33.4 Å². The van der Waals surface area contributed by atoms with Crippen LogP contribution in [0.25, 0.3) is 21.9 Å². The molecule has 0 saturated heterocycles. The lowest BCUT2D eigenvalue weighted by Crippen LogP contribution is -1.99. The van der Waals surface area contributed by atoms with Crippen LogP contribution in [0.5, 0.6) is 0 Å². The van der Waals surface area contributed by atoms with E-state index in [1.165, 1.54) is 10.8 Å². The largest absolute Gasteiger partial charge is 0.463 e. The number of benzene rings is 2. The predicted octanol–water partition coefficient (Wildman–Crippen LogP) is 1.77. The van der Waals surface area contributed by atoms with E-state index in [1.807, 2.05) is 24.3 Å². The van der Waals surface area contributed by atoms with Crippen molar-refractivity contribution in [3.8, 4) is 0 Å². The first-order chi connectivity index (χ1) is 6.83. The summed E-state index contributed by atoms with van der Waals surface area (Å²) in [5.74, 6) is 0. The zero-order chi connectivity index (χ0) is 9.54. The van der Waals surface area contributed by atoms with E-state index in [0.717, 1.165) is 11.1 Å². The van der Waals surface area contributed by atoms with E-state index in [4.69, 9.17) is 4.42 Å². The summed E-state index contributed by atoms with van der Waals surface area (Å²) in [4.78, 5) is 4.26. The lowest BCUT2D eigenvalue weighted by Gasteiger charge is -1.94. The van der Waals surface area contributed by atoms with Crippen LogP contribution >= 0.6 is 0 Å². The second-order valence-electron chi connectivity index (χ2n) is 3.22. The number of hydrogen-bond donors (Lipinski definition) is 0. The van der Waals surface area contributed by atoms with Crippen molar-refractivity contribution in [1.82, 2.24) is 4.98 Å². The van der Waals surface area contributed by atoms with E-state index < -0.39 is 0 Å². The van der Waals surface area contributed by atoms with Crippen molar-refractivity contribution >= 4 is 42.9 Å². The zero-order valence-electron chi connectivity index (χ0n) is 7.40. The third kappa shape index (κ3) is 1.14. The molecule has 3 aromatic rings. The van der Waals surface area contributed by atoms with Crippen LogP contribution in [0.2, 0.25) is 0 Å². The summed E-state index contributed by atoms with van der Waals surface area (Å²) in [6.07, 6.45) is 0. The molecule has 0 spiro atoms. The molecular weight excluding hydrogens is 189 g/mol. The molecule has 2 radical (unpaired) electrons. The number of oxazole rings is 1. The minimum atomic E-state index is 0.635. The smallest absolute Gasteiger partial charge is 0.277 e. The molecule has 0 unspecified atom stereocenters. The molecule has 0 aliphatic carbocycles. The lowest BCUT2D eigenvalue weighted by atomic mass is 10.1. The summed E-state index contributed by atoms with van der Waals surface area (Å²) in [5, 5.41) is 2.37. The molecule has 0 aliphatic heterocycles. The maximum Gasteiger partial charge on any atom is 0.277 e. The first-order valence-electron chi connectivity index (χ1n) is 4.38. The van der Waals surface area contributed by atoms with Gasteiger partial charge in [-0.15, -0.1) is 0 Å². The normalized spacial score (nSPS) is 11.1. The number of aromatic nitrogens is 1. The summed E-state index contributed by atoms with van der Waals surface area (Å²) < 4.78 is 6.06. The third-order valence-electron chi connectivity index (χ3n) is 2.27. The highest BCUT2D eigenvalue weighted by molar-refractivity contribution is 6.29. The maximum atomic E-state index is 5.43. The van der Waals surface area contributed by atoms with Crippen LogP contribution in [0.1, 0.15) is 0 Å². The fourth-order valence-corrected chi connectivity index (χ4v) is 1.90. The first kappa shape index (κ1) is 8.05. The molecule has 0 amide bonds. The Labute approximate surface area is 89.0 Å². The van der Waals surface area contributed by atoms with E-state index in [-0.39, 0.29) is 0 Å². The van der Waals surface area contributed by atoms with E-state index in [0.29, 0.717) is 4.75 Å². The molecule has 1 heterocycles. The van der Waals surface area contributed by atoms with Crippen molar-refractivity contribution in [2.24, 2.45) is 0 Å². The molecule has 2 aromatic carbocycles. The fraction of sp³-hybridized carbons (Fsp3) is 0. The predicted molar refractivity (Wildman–Crippen MR) is 56.9 cm³/mol. The van der Waals surface area contributed by atoms with Gasteiger partial charge in [-0.25, -0.2) is 4.98 Å². The van der Waals surface area contributed by atoms with Crippen LogP contribution in [0.4, 0.5) is 0 Å². The quantitative estimate of drug-likeness (QED) is 0.511. The fourth-order valence-electron chi connectivity index (χ4n) is 1.63. The van der Waals surface area contributed by atoms with Gasteiger partial charge in [-0.1, -0.05) is 24.3 Å². The summed E-state index contributed by atoms with van der Waals surface area (Å²) in [6.45, 7) is 0. The van der Waals surface area contributed by atoms with Gasteiger partial charge in [0.25, 0.3) is 16.3 Å². The molecule has 3 heteroatoms. The Kier molecular flexibility index (Phi) is 1.64. The average molecular weight is 195 g/mol. The molecule has 0 saturated carbocycles. The molecule has 0 fully saturated rings. The molecule has 0 N–H and O–H groups in total. The van der Waals surface area contributed by atoms with Crippen molar-refractivity contribution in [3.63, 3.8) is 0 Å². The second kappa shape index (κ2) is 2.85. The molecule has 0 aliphatic rings. The Morgan fingerprint density at radius 2 is 1.79 bits per heavy atom. The Balaban J connectivity index is 2.51. The Morgan fingerprint density at radius 3 is 2.57 bits per heavy atom. The monoisotopic (exact) mass is 195 g/mol. The van der Waals surface area contributed by atoms with Gasteiger partial charge >= 0.3 is 0 Å². The first-order valence-corrected chi connectivity index (χ1v) is 4.95. The Hall–Kier alpha value is -1.30. The van der Waals surface area contributed by atoms with Crippen molar-refractivity contribution in [1.29, 1.82) is 0 Å². The molecule has 2 nitrogen and oxygen atoms in total. The van der Waals surface area contributed by atoms with Gasteiger partial charge in [-0.3, -0.25) is 0 Å². The summed E-state index contributed by atoms with van der Waals surface area (Å²) in [7, 11) is 0. The lowest BCUT2D eigenvalue weighted by molar-refractivity contribution is 0.644. The molecular formula is C11H6AlNO. The number of nitrogens with zero attached hydrogens (tertiary/aromatic N) is 1. The van der Waals surface area contributed by atoms with E-state index in [9.17, 15) is 0 Å². The van der Waals surface area contributed by atoms with Crippen molar-refractivity contribution in [3.05, 3.63) is 36.4 Å². The molecule has 1 aromatic heterocycles. The van der Waals surface area contributed by atoms with Gasteiger partial charge in [0.05, 0.1) is 4.75 Å². The zero-order valence-corrected chi connectivity index (χ0v) is 8.55. The van der Waals surface area contributed by atoms with Crippen LogP contribution in [0.15, 0.2) is 40.8 Å².